The van der Waals surface area contributed by atoms with Gasteiger partial charge in [-0.25, -0.2) is 14.4 Å². The molecule has 0 saturated heterocycles. The number of rotatable bonds is 5. The lowest BCUT2D eigenvalue weighted by molar-refractivity contribution is 0.0930. The maximum atomic E-state index is 13.4. The number of carbonyl (C=O) groups excluding carboxylic acids is 2. The Balaban J connectivity index is 1.27. The van der Waals surface area contributed by atoms with E-state index in [0.717, 1.165) is 36.0 Å². The smallest absolute Gasteiger partial charge is 0.270 e. The van der Waals surface area contributed by atoms with Crippen molar-refractivity contribution >= 4 is 11.8 Å². The Hall–Kier alpha value is -4.12. The van der Waals surface area contributed by atoms with Crippen LogP contribution in [-0.2, 0) is 12.0 Å². The van der Waals surface area contributed by atoms with Gasteiger partial charge in [0.05, 0.1) is 17.7 Å². The van der Waals surface area contributed by atoms with E-state index in [4.69, 9.17) is 0 Å². The van der Waals surface area contributed by atoms with Crippen molar-refractivity contribution in [2.45, 2.75) is 44.2 Å². The van der Waals surface area contributed by atoms with Crippen LogP contribution in [-0.4, -0.2) is 21.8 Å². The fourth-order valence-corrected chi connectivity index (χ4v) is 4.68. The van der Waals surface area contributed by atoms with Crippen LogP contribution in [0.25, 0.3) is 0 Å². The van der Waals surface area contributed by atoms with E-state index >= 15 is 0 Å². The second-order valence-corrected chi connectivity index (χ2v) is 8.98. The van der Waals surface area contributed by atoms with Gasteiger partial charge in [-0.1, -0.05) is 18.2 Å². The minimum absolute atomic E-state index is 0.0512. The minimum atomic E-state index is -0.453. The minimum Gasteiger partial charge on any atom is -0.347 e. The van der Waals surface area contributed by atoms with Gasteiger partial charge in [-0.15, -0.1) is 0 Å². The third-order valence-corrected chi connectivity index (χ3v) is 6.69. The highest BCUT2D eigenvalue weighted by molar-refractivity contribution is 5.97. The highest BCUT2D eigenvalue weighted by Crippen LogP contribution is 2.60. The lowest BCUT2D eigenvalue weighted by Gasteiger charge is -2.14. The summed E-state index contributed by atoms with van der Waals surface area (Å²) in [5.74, 6) is -1.14. The molecule has 1 saturated carbocycles. The van der Waals surface area contributed by atoms with Crippen molar-refractivity contribution in [2.24, 2.45) is 0 Å². The number of amides is 2. The Morgan fingerprint density at radius 3 is 2.59 bits per heavy atom. The summed E-state index contributed by atoms with van der Waals surface area (Å²) in [6.45, 7) is 1.86. The van der Waals surface area contributed by atoms with E-state index in [2.05, 4.69) is 26.7 Å². The van der Waals surface area contributed by atoms with E-state index in [9.17, 15) is 19.2 Å². The monoisotopic (exact) mass is 455 g/mol. The van der Waals surface area contributed by atoms with Crippen LogP contribution in [0.5, 0.6) is 0 Å². The molecule has 0 bridgehead atoms. The summed E-state index contributed by atoms with van der Waals surface area (Å²) in [6, 6.07) is 13.6. The summed E-state index contributed by atoms with van der Waals surface area (Å²) in [5.41, 5.74) is 4.29. The molecule has 2 amide bonds. The number of nitrogens with one attached hydrogen (secondary N) is 2. The highest BCUT2D eigenvalue weighted by Gasteiger charge is 2.52. The van der Waals surface area contributed by atoms with Gasteiger partial charge in [-0.2, -0.15) is 5.26 Å². The molecular weight excluding hydrogens is 433 g/mol. The normalized spacial score (nSPS) is 17.0. The van der Waals surface area contributed by atoms with Crippen molar-refractivity contribution in [1.82, 2.24) is 20.6 Å². The summed E-state index contributed by atoms with van der Waals surface area (Å²) in [6.07, 6.45) is 4.08. The molecule has 2 aliphatic rings. The van der Waals surface area contributed by atoms with Gasteiger partial charge >= 0.3 is 0 Å². The van der Waals surface area contributed by atoms with Crippen LogP contribution < -0.4 is 10.6 Å². The average Bonchev–Trinajstić information content (AvgIpc) is 3.57. The Morgan fingerprint density at radius 2 is 1.88 bits per heavy atom. The molecule has 5 rings (SSSR count). The molecule has 1 heterocycles. The molecule has 2 N–H and O–H groups in total. The molecule has 3 aromatic rings. The quantitative estimate of drug-likeness (QED) is 0.611. The largest absolute Gasteiger partial charge is 0.347 e. The van der Waals surface area contributed by atoms with Crippen molar-refractivity contribution in [2.75, 3.05) is 0 Å². The lowest BCUT2D eigenvalue weighted by atomic mass is 9.97. The summed E-state index contributed by atoms with van der Waals surface area (Å²) >= 11 is 0. The fraction of sp³-hybridized carbons (Fsp3) is 0.269. The van der Waals surface area contributed by atoms with Crippen LogP contribution in [0.2, 0.25) is 0 Å². The van der Waals surface area contributed by atoms with Crippen LogP contribution in [0.1, 0.15) is 74.1 Å². The molecule has 34 heavy (non-hydrogen) atoms. The lowest BCUT2D eigenvalue weighted by Crippen LogP contribution is -2.29. The molecule has 8 heteroatoms. The van der Waals surface area contributed by atoms with E-state index in [1.54, 1.807) is 25.1 Å². The first kappa shape index (κ1) is 21.7. The molecule has 7 nitrogen and oxygen atoms in total. The third-order valence-electron chi connectivity index (χ3n) is 6.69. The molecule has 0 radical (unpaired) electrons. The van der Waals surface area contributed by atoms with Crippen molar-refractivity contribution < 1.29 is 14.0 Å². The highest BCUT2D eigenvalue weighted by atomic mass is 19.1. The Labute approximate surface area is 196 Å². The van der Waals surface area contributed by atoms with Gasteiger partial charge in [-0.05, 0) is 72.1 Å². The number of nitrogens with zero attached hydrogens (tertiary/aromatic N) is 3. The molecule has 1 fully saturated rings. The van der Waals surface area contributed by atoms with Crippen LogP contribution in [0.15, 0.2) is 48.8 Å². The predicted octanol–water partition coefficient (Wildman–Crippen LogP) is 3.63. The second kappa shape index (κ2) is 8.34. The maximum absolute atomic E-state index is 13.4. The fourth-order valence-electron chi connectivity index (χ4n) is 4.68. The van der Waals surface area contributed by atoms with Gasteiger partial charge in [0.2, 0.25) is 0 Å². The number of halogens is 1. The zero-order chi connectivity index (χ0) is 23.9. The summed E-state index contributed by atoms with van der Waals surface area (Å²) in [7, 11) is 0. The molecule has 1 atom stereocenters. The van der Waals surface area contributed by atoms with E-state index in [0.29, 0.717) is 11.1 Å². The molecule has 0 aliphatic heterocycles. The van der Waals surface area contributed by atoms with Gasteiger partial charge in [0.15, 0.2) is 0 Å². The number of carbonyl (C=O) groups is 2. The van der Waals surface area contributed by atoms with Crippen LogP contribution in [0.3, 0.4) is 0 Å². The number of fused-ring (bicyclic) bond motifs is 2. The third kappa shape index (κ3) is 4.01. The van der Waals surface area contributed by atoms with Crippen molar-refractivity contribution in [3.05, 3.63) is 93.8 Å². The van der Waals surface area contributed by atoms with Crippen LogP contribution in [0, 0.1) is 24.1 Å². The van der Waals surface area contributed by atoms with Gasteiger partial charge in [0, 0.05) is 12.6 Å². The Kier molecular flexibility index (Phi) is 5.33. The standard InChI is InChI=1S/C26H22FN5O2/c1-15-8-17(3-5-20(15)27)13-29-24(33)21-10-22(31-14-30-21)25(34)32-23-11-26(6-7-26)19-9-16(12-28)2-4-18(19)23/h2-5,8-10,14,23H,6-7,11,13H2,1H3,(H,29,33)(H,32,34). The van der Waals surface area contributed by atoms with E-state index in [-0.39, 0.29) is 41.1 Å². The van der Waals surface area contributed by atoms with E-state index in [1.165, 1.54) is 18.5 Å². The molecule has 2 aromatic carbocycles. The van der Waals surface area contributed by atoms with Crippen LogP contribution >= 0.6 is 0 Å². The van der Waals surface area contributed by atoms with Crippen LogP contribution in [0.4, 0.5) is 4.39 Å². The van der Waals surface area contributed by atoms with Gasteiger partial charge in [-0.3, -0.25) is 9.59 Å². The van der Waals surface area contributed by atoms with Gasteiger partial charge in [0.1, 0.15) is 23.5 Å². The first-order valence-corrected chi connectivity index (χ1v) is 11.1. The first-order chi connectivity index (χ1) is 16.4. The SMILES string of the molecule is Cc1cc(CNC(=O)c2cc(C(=O)NC3CC4(CC4)c4cc(C#N)ccc43)ncn2)ccc1F. The van der Waals surface area contributed by atoms with Gasteiger partial charge < -0.3 is 10.6 Å². The number of nitriles is 1. The van der Waals surface area contributed by atoms with E-state index in [1.807, 2.05) is 12.1 Å². The van der Waals surface area contributed by atoms with E-state index < -0.39 is 5.91 Å². The number of hydrogen-bond acceptors (Lipinski definition) is 5. The zero-order valence-corrected chi connectivity index (χ0v) is 18.6. The molecule has 1 aromatic heterocycles. The van der Waals surface area contributed by atoms with Crippen molar-refractivity contribution in [1.29, 1.82) is 5.26 Å². The summed E-state index contributed by atoms with van der Waals surface area (Å²) in [4.78, 5) is 33.6. The van der Waals surface area contributed by atoms with Gasteiger partial charge in [0.25, 0.3) is 11.8 Å². The second-order valence-electron chi connectivity index (χ2n) is 8.98. The molecule has 170 valence electrons. The van der Waals surface area contributed by atoms with Crippen molar-refractivity contribution in [3.63, 3.8) is 0 Å². The zero-order valence-electron chi connectivity index (χ0n) is 18.6. The molecule has 1 unspecified atom stereocenters. The Morgan fingerprint density at radius 1 is 1.12 bits per heavy atom. The number of aryl methyl sites for hydroxylation is 1. The maximum Gasteiger partial charge on any atom is 0.270 e. The summed E-state index contributed by atoms with van der Waals surface area (Å²) in [5, 5.41) is 15.0. The number of aromatic nitrogens is 2. The molecule has 2 aliphatic carbocycles. The number of benzene rings is 2. The van der Waals surface area contributed by atoms with Crippen molar-refractivity contribution in [3.8, 4) is 6.07 Å². The number of hydrogen-bond donors (Lipinski definition) is 2. The summed E-state index contributed by atoms with van der Waals surface area (Å²) < 4.78 is 13.4. The predicted molar refractivity (Wildman–Crippen MR) is 121 cm³/mol. The molecule has 1 spiro atoms. The molecular formula is C26H22FN5O2. The average molecular weight is 455 g/mol. The first-order valence-electron chi connectivity index (χ1n) is 11.1. The topological polar surface area (TPSA) is 108 Å². The Bertz CT molecular complexity index is 1360.